The first kappa shape index (κ1) is 19.8. The summed E-state index contributed by atoms with van der Waals surface area (Å²) in [6.45, 7) is -1.06. The van der Waals surface area contributed by atoms with Crippen molar-refractivity contribution in [2.24, 2.45) is 5.92 Å². The Bertz CT molecular complexity index is 1040. The second-order valence-corrected chi connectivity index (χ2v) is 8.95. The summed E-state index contributed by atoms with van der Waals surface area (Å²) in [6.07, 6.45) is 3.11. The van der Waals surface area contributed by atoms with Crippen LogP contribution in [-0.2, 0) is 4.74 Å². The van der Waals surface area contributed by atoms with Gasteiger partial charge < -0.3 is 25.0 Å². The third-order valence-electron chi connectivity index (χ3n) is 7.00. The van der Waals surface area contributed by atoms with E-state index < -0.39 is 12.8 Å². The lowest BCUT2D eigenvalue weighted by atomic mass is 10.1. The molecular formula is C21H23F3N6O2. The van der Waals surface area contributed by atoms with E-state index in [-0.39, 0.29) is 35.7 Å². The van der Waals surface area contributed by atoms with E-state index in [1.54, 1.807) is 0 Å². The highest BCUT2D eigenvalue weighted by atomic mass is 19.3. The van der Waals surface area contributed by atoms with Crippen LogP contribution in [0.5, 0.6) is 5.75 Å². The number of nitrogen functional groups attached to an aromatic ring is 1. The number of halogens is 3. The molecular weight excluding hydrogens is 425 g/mol. The maximum atomic E-state index is 14.1. The summed E-state index contributed by atoms with van der Waals surface area (Å²) in [5.41, 5.74) is 6.72. The Hall–Kier alpha value is -2.82. The van der Waals surface area contributed by atoms with Gasteiger partial charge in [-0.05, 0) is 25.3 Å². The fourth-order valence-corrected chi connectivity index (χ4v) is 5.45. The molecule has 0 spiro atoms. The first-order valence-corrected chi connectivity index (χ1v) is 10.8. The maximum Gasteiger partial charge on any atom is 0.387 e. The standard InChI is InChI=1S/C21H23F3N6O2/c22-15-4-12-1-11(15)7-30(12)21-27-16(10-2-17(32-20(23)24)19(25)26-6-10)5-18(28-21)29-8-14-3-13(29)9-31-14/h2,5-6,11-15,20H,1,3-4,7-9H2,(H2,25,26)/t11-,12-,13+,14+,15-/m1/s1. The van der Waals surface area contributed by atoms with E-state index in [0.717, 1.165) is 25.2 Å². The topological polar surface area (TPSA) is 89.6 Å². The van der Waals surface area contributed by atoms with Crippen LogP contribution in [0.25, 0.3) is 11.3 Å². The van der Waals surface area contributed by atoms with Gasteiger partial charge in [0.05, 0.1) is 24.4 Å². The summed E-state index contributed by atoms with van der Waals surface area (Å²) in [5.74, 6) is 0.940. The predicted molar refractivity (Wildman–Crippen MR) is 111 cm³/mol. The molecule has 2 aromatic rings. The number of rotatable bonds is 5. The molecule has 5 heterocycles. The molecule has 3 aliphatic heterocycles. The van der Waals surface area contributed by atoms with Crippen molar-refractivity contribution in [3.8, 4) is 17.0 Å². The number of aromatic nitrogens is 3. The largest absolute Gasteiger partial charge is 0.431 e. The highest BCUT2D eigenvalue weighted by molar-refractivity contribution is 5.68. The highest BCUT2D eigenvalue weighted by Gasteiger charge is 2.46. The predicted octanol–water partition coefficient (Wildman–Crippen LogP) is 2.64. The molecule has 2 aromatic heterocycles. The molecule has 0 amide bonds. The Kier molecular flexibility index (Phi) is 4.56. The van der Waals surface area contributed by atoms with Crippen molar-refractivity contribution in [2.45, 2.75) is 50.2 Å². The van der Waals surface area contributed by atoms with Gasteiger partial charge in [-0.1, -0.05) is 0 Å². The van der Waals surface area contributed by atoms with Crippen LogP contribution in [0.4, 0.5) is 30.8 Å². The van der Waals surface area contributed by atoms with Crippen LogP contribution >= 0.6 is 0 Å². The Morgan fingerprint density at radius 1 is 1.09 bits per heavy atom. The van der Waals surface area contributed by atoms with Gasteiger partial charge in [0.2, 0.25) is 5.95 Å². The second kappa shape index (κ2) is 7.36. The van der Waals surface area contributed by atoms with E-state index in [9.17, 15) is 13.2 Å². The van der Waals surface area contributed by atoms with Gasteiger partial charge in [-0.2, -0.15) is 13.8 Å². The number of anilines is 3. The third kappa shape index (κ3) is 3.30. The lowest BCUT2D eigenvalue weighted by Gasteiger charge is -2.32. The summed E-state index contributed by atoms with van der Waals surface area (Å²) >= 11 is 0. The number of fused-ring (bicyclic) bond motifs is 4. The number of piperidine rings is 1. The molecule has 1 aliphatic carbocycles. The smallest absolute Gasteiger partial charge is 0.387 e. The minimum absolute atomic E-state index is 0.00357. The summed E-state index contributed by atoms with van der Waals surface area (Å²) in [5, 5.41) is 0. The van der Waals surface area contributed by atoms with Crippen molar-refractivity contribution in [1.29, 1.82) is 0 Å². The van der Waals surface area contributed by atoms with Crippen LogP contribution in [-0.4, -0.2) is 65.6 Å². The maximum absolute atomic E-state index is 14.1. The van der Waals surface area contributed by atoms with Gasteiger partial charge in [-0.3, -0.25) is 0 Å². The molecule has 4 fully saturated rings. The van der Waals surface area contributed by atoms with Crippen molar-refractivity contribution < 1.29 is 22.6 Å². The van der Waals surface area contributed by atoms with Gasteiger partial charge in [-0.25, -0.2) is 14.4 Å². The van der Waals surface area contributed by atoms with Gasteiger partial charge in [0.1, 0.15) is 12.0 Å². The third-order valence-corrected chi connectivity index (χ3v) is 7.00. The first-order chi connectivity index (χ1) is 15.4. The Morgan fingerprint density at radius 2 is 1.97 bits per heavy atom. The molecule has 0 radical (unpaired) electrons. The molecule has 0 aromatic carbocycles. The number of nitrogens with zero attached hydrogens (tertiary/aromatic N) is 5. The average molecular weight is 448 g/mol. The fourth-order valence-electron chi connectivity index (χ4n) is 5.45. The SMILES string of the molecule is Nc1ncc(-c2cc(N3C[C@@H]4C[C@H]3CO4)nc(N3C[C@H]4C[C@@H]3C[C@H]4F)n2)cc1OC(F)F. The number of hydrogen-bond acceptors (Lipinski definition) is 8. The van der Waals surface area contributed by atoms with E-state index in [2.05, 4.69) is 19.5 Å². The molecule has 5 atom stereocenters. The fraction of sp³-hybridized carbons (Fsp3) is 0.571. The molecule has 0 unspecified atom stereocenters. The van der Waals surface area contributed by atoms with Crippen LogP contribution < -0.4 is 20.3 Å². The Balaban J connectivity index is 1.40. The number of morpholine rings is 1. The normalized spacial score (nSPS) is 30.7. The first-order valence-electron chi connectivity index (χ1n) is 10.8. The van der Waals surface area contributed by atoms with Crippen molar-refractivity contribution >= 4 is 17.6 Å². The number of nitrogens with two attached hydrogens (primary N) is 1. The van der Waals surface area contributed by atoms with Gasteiger partial charge in [0.25, 0.3) is 0 Å². The summed E-state index contributed by atoms with van der Waals surface area (Å²) in [6, 6.07) is 3.55. The lowest BCUT2D eigenvalue weighted by Crippen LogP contribution is -2.39. The molecule has 3 saturated heterocycles. The van der Waals surface area contributed by atoms with Crippen LogP contribution in [0.3, 0.4) is 0 Å². The minimum atomic E-state index is -3.01. The zero-order valence-electron chi connectivity index (χ0n) is 17.2. The summed E-state index contributed by atoms with van der Waals surface area (Å²) in [7, 11) is 0. The number of alkyl halides is 3. The van der Waals surface area contributed by atoms with Gasteiger partial charge in [0, 0.05) is 42.9 Å². The van der Waals surface area contributed by atoms with Gasteiger partial charge in [0.15, 0.2) is 11.6 Å². The number of ether oxygens (including phenoxy) is 2. The quantitative estimate of drug-likeness (QED) is 0.747. The van der Waals surface area contributed by atoms with E-state index in [4.69, 9.17) is 20.4 Å². The Labute approximate surface area is 182 Å². The van der Waals surface area contributed by atoms with E-state index in [0.29, 0.717) is 36.8 Å². The van der Waals surface area contributed by atoms with E-state index in [1.165, 1.54) is 12.3 Å². The lowest BCUT2D eigenvalue weighted by molar-refractivity contribution is -0.0494. The van der Waals surface area contributed by atoms with Crippen molar-refractivity contribution in [1.82, 2.24) is 15.0 Å². The molecule has 4 aliphatic rings. The molecule has 4 bridgehead atoms. The van der Waals surface area contributed by atoms with Crippen LogP contribution in [0.2, 0.25) is 0 Å². The van der Waals surface area contributed by atoms with Crippen molar-refractivity contribution in [2.75, 3.05) is 35.2 Å². The summed E-state index contributed by atoms with van der Waals surface area (Å²) in [4.78, 5) is 17.8. The molecule has 32 heavy (non-hydrogen) atoms. The zero-order valence-corrected chi connectivity index (χ0v) is 17.2. The molecule has 8 nitrogen and oxygen atoms in total. The van der Waals surface area contributed by atoms with Crippen LogP contribution in [0.15, 0.2) is 18.3 Å². The Morgan fingerprint density at radius 3 is 2.62 bits per heavy atom. The van der Waals surface area contributed by atoms with E-state index >= 15 is 0 Å². The average Bonchev–Trinajstić information content (AvgIpc) is 3.55. The molecule has 1 saturated carbocycles. The molecule has 2 N–H and O–H groups in total. The molecule has 170 valence electrons. The number of pyridine rings is 1. The molecule has 6 rings (SSSR count). The zero-order chi connectivity index (χ0) is 22.0. The van der Waals surface area contributed by atoms with E-state index in [1.807, 2.05) is 6.07 Å². The molecule has 11 heteroatoms. The summed E-state index contributed by atoms with van der Waals surface area (Å²) < 4.78 is 49.9. The van der Waals surface area contributed by atoms with Crippen molar-refractivity contribution in [3.63, 3.8) is 0 Å². The monoisotopic (exact) mass is 448 g/mol. The van der Waals surface area contributed by atoms with Gasteiger partial charge >= 0.3 is 6.61 Å². The number of hydrogen-bond donors (Lipinski definition) is 1. The second-order valence-electron chi connectivity index (χ2n) is 8.95. The minimum Gasteiger partial charge on any atom is -0.431 e. The van der Waals surface area contributed by atoms with Gasteiger partial charge in [-0.15, -0.1) is 0 Å². The van der Waals surface area contributed by atoms with Crippen LogP contribution in [0, 0.1) is 5.92 Å². The van der Waals surface area contributed by atoms with Crippen LogP contribution in [0.1, 0.15) is 19.3 Å². The highest BCUT2D eigenvalue weighted by Crippen LogP contribution is 2.42. The van der Waals surface area contributed by atoms with Crippen molar-refractivity contribution in [3.05, 3.63) is 18.3 Å².